The first-order chi connectivity index (χ1) is 4.09. The van der Waals surface area contributed by atoms with Crippen LogP contribution in [0.5, 0.6) is 0 Å². The van der Waals surface area contributed by atoms with Crippen molar-refractivity contribution in [1.82, 2.24) is 4.90 Å². The van der Waals surface area contributed by atoms with Crippen molar-refractivity contribution in [2.45, 2.75) is 13.8 Å². The normalized spacial score (nSPS) is 9.00. The van der Waals surface area contributed by atoms with Crippen LogP contribution in [0.2, 0.25) is 0 Å². The largest absolute Gasteiger partial charge is 0.373 e. The molecule has 0 fully saturated rings. The molecule has 0 aliphatic carbocycles. The van der Waals surface area contributed by atoms with Gasteiger partial charge in [0.2, 0.25) is 0 Å². The van der Waals surface area contributed by atoms with E-state index in [9.17, 15) is 0 Å². The van der Waals surface area contributed by atoms with Crippen LogP contribution in [0.15, 0.2) is 10.6 Å². The van der Waals surface area contributed by atoms with E-state index < -0.39 is 0 Å². The van der Waals surface area contributed by atoms with Crippen molar-refractivity contribution in [3.8, 4) is 0 Å². The Morgan fingerprint density at radius 2 is 1.67 bits per heavy atom. The molecule has 0 rings (SSSR count). The number of rotatable bonds is 2. The number of hydrogen-bond acceptors (Lipinski definition) is 2. The predicted octanol–water partition coefficient (Wildman–Crippen LogP) is 2.16. The lowest BCUT2D eigenvalue weighted by atomic mass is 10.4. The fourth-order valence-corrected chi connectivity index (χ4v) is 1.61. The highest BCUT2D eigenvalue weighted by atomic mass is 32.2. The molecule has 2 heteroatoms. The molecule has 0 aromatic carbocycles. The van der Waals surface area contributed by atoms with Crippen LogP contribution in [-0.2, 0) is 0 Å². The summed E-state index contributed by atoms with van der Waals surface area (Å²) in [5, 5.41) is 1.36. The highest BCUT2D eigenvalue weighted by Gasteiger charge is 1.97. The first-order valence-electron chi connectivity index (χ1n) is 2.98. The van der Waals surface area contributed by atoms with Crippen LogP contribution in [-0.4, -0.2) is 25.3 Å². The second kappa shape index (κ2) is 3.83. The number of thioether (sulfide) groups is 1. The van der Waals surface area contributed by atoms with E-state index in [-0.39, 0.29) is 0 Å². The molecule has 0 spiro atoms. The van der Waals surface area contributed by atoms with E-state index >= 15 is 0 Å². The molecule has 0 atom stereocenters. The smallest absolute Gasteiger partial charge is 0.0685 e. The molecule has 0 aliphatic rings. The molecule has 0 unspecified atom stereocenters. The second-order valence-corrected chi connectivity index (χ2v) is 3.20. The minimum atomic E-state index is 1.36. The van der Waals surface area contributed by atoms with Crippen molar-refractivity contribution < 1.29 is 0 Å². The van der Waals surface area contributed by atoms with Gasteiger partial charge in [0.1, 0.15) is 0 Å². The first-order valence-corrected chi connectivity index (χ1v) is 4.21. The quantitative estimate of drug-likeness (QED) is 0.586. The van der Waals surface area contributed by atoms with Crippen LogP contribution in [0.3, 0.4) is 0 Å². The molecule has 0 saturated heterocycles. The zero-order chi connectivity index (χ0) is 7.44. The van der Waals surface area contributed by atoms with Crippen LogP contribution in [0.4, 0.5) is 0 Å². The van der Waals surface area contributed by atoms with Gasteiger partial charge in [-0.05, 0) is 25.7 Å². The zero-order valence-corrected chi connectivity index (χ0v) is 7.67. The predicted molar refractivity (Wildman–Crippen MR) is 45.6 cm³/mol. The van der Waals surface area contributed by atoms with Gasteiger partial charge in [-0.1, -0.05) is 0 Å². The summed E-state index contributed by atoms with van der Waals surface area (Å²) in [5.74, 6) is 0. The Balaban J connectivity index is 4.16. The SMILES string of the molecule is CSC(=C(C)C)N(C)C. The van der Waals surface area contributed by atoms with Crippen LogP contribution in [0.25, 0.3) is 0 Å². The van der Waals surface area contributed by atoms with Gasteiger partial charge >= 0.3 is 0 Å². The molecule has 0 saturated carbocycles. The Morgan fingerprint density at radius 1 is 1.22 bits per heavy atom. The molecule has 54 valence electrons. The van der Waals surface area contributed by atoms with E-state index in [4.69, 9.17) is 0 Å². The highest BCUT2D eigenvalue weighted by molar-refractivity contribution is 8.02. The summed E-state index contributed by atoms with van der Waals surface area (Å²) in [6.07, 6.45) is 2.10. The third-order valence-electron chi connectivity index (χ3n) is 1.03. The molecule has 0 aromatic rings. The van der Waals surface area contributed by atoms with Crippen molar-refractivity contribution in [3.63, 3.8) is 0 Å². The van der Waals surface area contributed by atoms with E-state index in [1.54, 1.807) is 11.8 Å². The van der Waals surface area contributed by atoms with Crippen molar-refractivity contribution in [3.05, 3.63) is 10.6 Å². The van der Waals surface area contributed by atoms with Gasteiger partial charge in [-0.15, -0.1) is 11.8 Å². The standard InChI is InChI=1S/C7H15NS/c1-6(2)7(9-5)8(3)4/h1-5H3. The lowest BCUT2D eigenvalue weighted by Crippen LogP contribution is -2.09. The van der Waals surface area contributed by atoms with Crippen LogP contribution < -0.4 is 0 Å². The summed E-state index contributed by atoms with van der Waals surface area (Å²) in [5.41, 5.74) is 1.38. The molecule has 9 heavy (non-hydrogen) atoms. The molecule has 0 aliphatic heterocycles. The lowest BCUT2D eigenvalue weighted by Gasteiger charge is -2.16. The van der Waals surface area contributed by atoms with Crippen molar-refractivity contribution in [2.75, 3.05) is 20.4 Å². The molecule has 0 heterocycles. The minimum Gasteiger partial charge on any atom is -0.373 e. The van der Waals surface area contributed by atoms with Crippen LogP contribution in [0, 0.1) is 0 Å². The van der Waals surface area contributed by atoms with Crippen molar-refractivity contribution >= 4 is 11.8 Å². The second-order valence-electron chi connectivity index (χ2n) is 2.40. The number of nitrogens with zero attached hydrogens (tertiary/aromatic N) is 1. The third-order valence-corrected chi connectivity index (χ3v) is 2.19. The molecule has 0 amide bonds. The van der Waals surface area contributed by atoms with Crippen molar-refractivity contribution in [2.24, 2.45) is 0 Å². The molecule has 0 radical (unpaired) electrons. The fourth-order valence-electron chi connectivity index (χ4n) is 0.834. The maximum atomic E-state index is 2.14. The summed E-state index contributed by atoms with van der Waals surface area (Å²) >= 11 is 1.79. The van der Waals surface area contributed by atoms with Gasteiger partial charge in [-0.25, -0.2) is 0 Å². The van der Waals surface area contributed by atoms with Gasteiger partial charge in [0.25, 0.3) is 0 Å². The fraction of sp³-hybridized carbons (Fsp3) is 0.714. The lowest BCUT2D eigenvalue weighted by molar-refractivity contribution is 0.544. The van der Waals surface area contributed by atoms with E-state index in [0.717, 1.165) is 0 Å². The molecular formula is C7H15NS. The maximum absolute atomic E-state index is 2.14. The maximum Gasteiger partial charge on any atom is 0.0685 e. The van der Waals surface area contributed by atoms with Gasteiger partial charge in [0.15, 0.2) is 0 Å². The van der Waals surface area contributed by atoms with Gasteiger partial charge in [0, 0.05) is 14.1 Å². The molecule has 0 bridgehead atoms. The van der Waals surface area contributed by atoms with E-state index in [2.05, 4.69) is 39.1 Å². The summed E-state index contributed by atoms with van der Waals surface area (Å²) < 4.78 is 0. The third kappa shape index (κ3) is 2.80. The van der Waals surface area contributed by atoms with Crippen molar-refractivity contribution in [1.29, 1.82) is 0 Å². The van der Waals surface area contributed by atoms with Gasteiger partial charge < -0.3 is 4.90 Å². The summed E-state index contributed by atoms with van der Waals surface area (Å²) in [6, 6.07) is 0. The Morgan fingerprint density at radius 3 is 1.67 bits per heavy atom. The highest BCUT2D eigenvalue weighted by Crippen LogP contribution is 2.17. The average molecular weight is 145 g/mol. The van der Waals surface area contributed by atoms with E-state index in [0.29, 0.717) is 0 Å². The van der Waals surface area contributed by atoms with Gasteiger partial charge in [0.05, 0.1) is 5.03 Å². The molecule has 0 N–H and O–H groups in total. The molecule has 1 nitrogen and oxygen atoms in total. The Kier molecular flexibility index (Phi) is 3.78. The number of allylic oxidation sites excluding steroid dienone is 1. The number of hydrogen-bond donors (Lipinski definition) is 0. The van der Waals surface area contributed by atoms with Crippen LogP contribution in [0.1, 0.15) is 13.8 Å². The van der Waals surface area contributed by atoms with Gasteiger partial charge in [-0.2, -0.15) is 0 Å². The molecular weight excluding hydrogens is 130 g/mol. The molecule has 0 aromatic heterocycles. The van der Waals surface area contributed by atoms with E-state index in [1.165, 1.54) is 10.6 Å². The topological polar surface area (TPSA) is 3.24 Å². The minimum absolute atomic E-state index is 1.36. The van der Waals surface area contributed by atoms with Crippen LogP contribution >= 0.6 is 11.8 Å². The van der Waals surface area contributed by atoms with E-state index in [1.807, 2.05) is 0 Å². The first kappa shape index (κ1) is 8.89. The zero-order valence-electron chi connectivity index (χ0n) is 6.86. The average Bonchev–Trinajstić information content (AvgIpc) is 1.64. The Labute approximate surface area is 62.1 Å². The Hall–Kier alpha value is -0.110. The Bertz CT molecular complexity index is 112. The summed E-state index contributed by atoms with van der Waals surface area (Å²) in [6.45, 7) is 4.26. The monoisotopic (exact) mass is 145 g/mol. The summed E-state index contributed by atoms with van der Waals surface area (Å²) in [4.78, 5) is 2.14. The van der Waals surface area contributed by atoms with Gasteiger partial charge in [-0.3, -0.25) is 0 Å². The summed E-state index contributed by atoms with van der Waals surface area (Å²) in [7, 11) is 4.14.